The van der Waals surface area contributed by atoms with E-state index in [1.807, 2.05) is 0 Å². The van der Waals surface area contributed by atoms with Crippen LogP contribution < -0.4 is 15.4 Å². The topological polar surface area (TPSA) is 103 Å². The maximum absolute atomic E-state index is 12.3. The number of nitrogens with two attached hydrogens (primary N) is 1. The number of hydrogen-bond acceptors (Lipinski definition) is 8. The summed E-state index contributed by atoms with van der Waals surface area (Å²) in [5.74, 6) is 0.641. The first-order chi connectivity index (χ1) is 11.7. The third kappa shape index (κ3) is 5.18. The van der Waals surface area contributed by atoms with E-state index in [1.165, 1.54) is 0 Å². The van der Waals surface area contributed by atoms with Crippen molar-refractivity contribution in [3.63, 3.8) is 0 Å². The minimum atomic E-state index is -1.20. The Morgan fingerprint density at radius 2 is 1.84 bits per heavy atom. The van der Waals surface area contributed by atoms with Gasteiger partial charge >= 0.3 is 5.97 Å². The molecule has 2 rings (SSSR count). The normalized spacial score (nSPS) is 11.1. The number of hydrogen-bond donors (Lipinski definition) is 1. The summed E-state index contributed by atoms with van der Waals surface area (Å²) in [5.41, 5.74) is 4.44. The summed E-state index contributed by atoms with van der Waals surface area (Å²) >= 11 is 5.83. The number of esters is 1. The number of carbonyl (C=O) groups is 1. The van der Waals surface area contributed by atoms with Gasteiger partial charge in [-0.25, -0.2) is 4.79 Å². The number of ether oxygens (including phenoxy) is 2. The fourth-order valence-electron chi connectivity index (χ4n) is 1.83. The molecule has 1 heterocycles. The van der Waals surface area contributed by atoms with Crippen molar-refractivity contribution in [1.82, 2.24) is 15.0 Å². The Labute approximate surface area is 150 Å². The largest absolute Gasteiger partial charge is 0.476 e. The van der Waals surface area contributed by atoms with Gasteiger partial charge in [-0.05, 0) is 38.1 Å². The summed E-state index contributed by atoms with van der Waals surface area (Å²) in [4.78, 5) is 26.1. The van der Waals surface area contributed by atoms with E-state index in [0.29, 0.717) is 16.7 Å². The van der Waals surface area contributed by atoms with Gasteiger partial charge in [-0.2, -0.15) is 15.0 Å². The number of anilines is 2. The van der Waals surface area contributed by atoms with E-state index in [9.17, 15) is 4.79 Å². The van der Waals surface area contributed by atoms with Gasteiger partial charge in [0.05, 0.1) is 0 Å². The van der Waals surface area contributed by atoms with Gasteiger partial charge in [-0.15, -0.1) is 0 Å². The molecule has 9 heteroatoms. The molecule has 2 aromatic rings. The summed E-state index contributed by atoms with van der Waals surface area (Å²) in [6.45, 7) is 3.08. The Kier molecular flexibility index (Phi) is 5.63. The minimum Gasteiger partial charge on any atom is -0.476 e. The number of nitrogens with zero attached hydrogens (tertiary/aromatic N) is 4. The highest BCUT2D eigenvalue weighted by Crippen LogP contribution is 2.22. The molecule has 134 valence electrons. The summed E-state index contributed by atoms with van der Waals surface area (Å²) in [6, 6.07) is 6.70. The Morgan fingerprint density at radius 3 is 2.44 bits per heavy atom. The monoisotopic (exact) mass is 365 g/mol. The average molecular weight is 366 g/mol. The van der Waals surface area contributed by atoms with Crippen LogP contribution in [0.3, 0.4) is 0 Å². The third-order valence-corrected chi connectivity index (χ3v) is 3.35. The Balaban J connectivity index is 2.02. The maximum atomic E-state index is 12.3. The molecule has 0 saturated heterocycles. The van der Waals surface area contributed by atoms with Gasteiger partial charge in [-0.1, -0.05) is 11.6 Å². The Bertz CT molecular complexity index is 750. The fraction of sp³-hybridized carbons (Fsp3) is 0.375. The summed E-state index contributed by atoms with van der Waals surface area (Å²) in [5, 5.41) is 0.580. The van der Waals surface area contributed by atoms with Crippen LogP contribution in [0, 0.1) is 0 Å². The van der Waals surface area contributed by atoms with Crippen LogP contribution in [0.2, 0.25) is 5.02 Å². The van der Waals surface area contributed by atoms with Gasteiger partial charge in [0.2, 0.25) is 11.9 Å². The van der Waals surface area contributed by atoms with Crippen molar-refractivity contribution in [2.24, 2.45) is 0 Å². The molecule has 1 aromatic heterocycles. The van der Waals surface area contributed by atoms with E-state index in [0.717, 1.165) is 0 Å². The van der Waals surface area contributed by atoms with Crippen LogP contribution in [0.25, 0.3) is 0 Å². The standard InChI is InChI=1S/C16H20ClN5O3/c1-16(2,25-11-7-5-10(17)6-8-11)13(23)24-9-12-19-14(18)21-15(20-12)22(3)4/h5-8H,9H2,1-4H3,(H2,18,19,20,21). The predicted molar refractivity (Wildman–Crippen MR) is 94.5 cm³/mol. The van der Waals surface area contributed by atoms with Crippen molar-refractivity contribution in [3.8, 4) is 5.75 Å². The van der Waals surface area contributed by atoms with Crippen LogP contribution in [-0.4, -0.2) is 40.6 Å². The fourth-order valence-corrected chi connectivity index (χ4v) is 1.96. The lowest BCUT2D eigenvalue weighted by molar-refractivity contribution is -0.161. The SMILES string of the molecule is CN(C)c1nc(N)nc(COC(=O)C(C)(C)Oc2ccc(Cl)cc2)n1. The molecular formula is C16H20ClN5O3. The van der Waals surface area contributed by atoms with Crippen molar-refractivity contribution in [3.05, 3.63) is 35.1 Å². The van der Waals surface area contributed by atoms with Gasteiger partial charge in [0.15, 0.2) is 18.0 Å². The Hall–Kier alpha value is -2.61. The minimum absolute atomic E-state index is 0.0569. The first kappa shape index (κ1) is 18.7. The molecule has 0 atom stereocenters. The summed E-state index contributed by atoms with van der Waals surface area (Å²) in [6.07, 6.45) is 0. The van der Waals surface area contributed by atoms with Gasteiger partial charge < -0.3 is 20.1 Å². The van der Waals surface area contributed by atoms with E-state index >= 15 is 0 Å². The predicted octanol–water partition coefficient (Wildman–Crippen LogP) is 2.07. The molecule has 2 N–H and O–H groups in total. The molecule has 0 aliphatic carbocycles. The van der Waals surface area contributed by atoms with Crippen LogP contribution >= 0.6 is 11.6 Å². The molecular weight excluding hydrogens is 346 g/mol. The van der Waals surface area contributed by atoms with Crippen LogP contribution in [0.1, 0.15) is 19.7 Å². The molecule has 0 aliphatic heterocycles. The zero-order valence-electron chi connectivity index (χ0n) is 14.5. The van der Waals surface area contributed by atoms with E-state index < -0.39 is 11.6 Å². The van der Waals surface area contributed by atoms with E-state index in [1.54, 1.807) is 57.1 Å². The van der Waals surface area contributed by atoms with E-state index in [-0.39, 0.29) is 18.4 Å². The maximum Gasteiger partial charge on any atom is 0.350 e. The molecule has 0 bridgehead atoms. The van der Waals surface area contributed by atoms with Gasteiger partial charge in [0.25, 0.3) is 0 Å². The highest BCUT2D eigenvalue weighted by atomic mass is 35.5. The number of nitrogen functional groups attached to an aromatic ring is 1. The summed E-state index contributed by atoms with van der Waals surface area (Å²) in [7, 11) is 3.54. The van der Waals surface area contributed by atoms with Gasteiger partial charge in [-0.3, -0.25) is 0 Å². The molecule has 0 aliphatic rings. The average Bonchev–Trinajstić information content (AvgIpc) is 2.54. The zero-order chi connectivity index (χ0) is 18.6. The van der Waals surface area contributed by atoms with Crippen LogP contribution in [-0.2, 0) is 16.1 Å². The number of benzene rings is 1. The number of rotatable bonds is 6. The van der Waals surface area contributed by atoms with Crippen LogP contribution in [0.5, 0.6) is 5.75 Å². The van der Waals surface area contributed by atoms with Crippen LogP contribution in [0.4, 0.5) is 11.9 Å². The zero-order valence-corrected chi connectivity index (χ0v) is 15.2. The van der Waals surface area contributed by atoms with E-state index in [2.05, 4.69) is 15.0 Å². The molecule has 1 aromatic carbocycles. The smallest absolute Gasteiger partial charge is 0.350 e. The first-order valence-electron chi connectivity index (χ1n) is 7.47. The lowest BCUT2D eigenvalue weighted by atomic mass is 10.1. The number of aromatic nitrogens is 3. The van der Waals surface area contributed by atoms with Gasteiger partial charge in [0, 0.05) is 19.1 Å². The molecule has 0 fully saturated rings. The van der Waals surface area contributed by atoms with Gasteiger partial charge in [0.1, 0.15) is 5.75 Å². The van der Waals surface area contributed by atoms with Crippen molar-refractivity contribution in [2.45, 2.75) is 26.1 Å². The molecule has 0 saturated carbocycles. The van der Waals surface area contributed by atoms with Crippen LogP contribution in [0.15, 0.2) is 24.3 Å². The highest BCUT2D eigenvalue weighted by molar-refractivity contribution is 6.30. The van der Waals surface area contributed by atoms with Crippen molar-refractivity contribution >= 4 is 29.5 Å². The Morgan fingerprint density at radius 1 is 1.20 bits per heavy atom. The molecule has 0 spiro atoms. The quantitative estimate of drug-likeness (QED) is 0.776. The van der Waals surface area contributed by atoms with Crippen molar-refractivity contribution < 1.29 is 14.3 Å². The second-order valence-corrected chi connectivity index (χ2v) is 6.38. The third-order valence-electron chi connectivity index (χ3n) is 3.10. The van der Waals surface area contributed by atoms with Crippen molar-refractivity contribution in [1.29, 1.82) is 0 Å². The number of carbonyl (C=O) groups excluding carboxylic acids is 1. The lowest BCUT2D eigenvalue weighted by Gasteiger charge is -2.24. The highest BCUT2D eigenvalue weighted by Gasteiger charge is 2.32. The molecule has 8 nitrogen and oxygen atoms in total. The van der Waals surface area contributed by atoms with E-state index in [4.69, 9.17) is 26.8 Å². The first-order valence-corrected chi connectivity index (χ1v) is 7.85. The molecule has 0 radical (unpaired) electrons. The second kappa shape index (κ2) is 7.52. The molecule has 25 heavy (non-hydrogen) atoms. The molecule has 0 unspecified atom stereocenters. The van der Waals surface area contributed by atoms with Crippen molar-refractivity contribution in [2.75, 3.05) is 24.7 Å². The number of halogens is 1. The molecule has 0 amide bonds. The lowest BCUT2D eigenvalue weighted by Crippen LogP contribution is -2.39. The summed E-state index contributed by atoms with van der Waals surface area (Å²) < 4.78 is 10.9. The second-order valence-electron chi connectivity index (χ2n) is 5.95.